The molecule has 1 heterocycles. The first-order valence-corrected chi connectivity index (χ1v) is 9.58. The lowest BCUT2D eigenvalue weighted by Gasteiger charge is -2.13. The number of aryl methyl sites for hydroxylation is 1. The Kier molecular flexibility index (Phi) is 10.9. The fraction of sp³-hybridized carbons (Fsp3) is 0.389. The molecule has 0 radical (unpaired) electrons. The van der Waals surface area contributed by atoms with Gasteiger partial charge in [-0.1, -0.05) is 12.1 Å². The molecule has 166 valence electrons. The Morgan fingerprint density at radius 1 is 1.17 bits per heavy atom. The number of nitrogens with one attached hydrogen (secondary N) is 3. The van der Waals surface area contributed by atoms with E-state index in [0.29, 0.717) is 36.2 Å². The summed E-state index contributed by atoms with van der Waals surface area (Å²) in [6.07, 6.45) is -4.36. The van der Waals surface area contributed by atoms with Crippen LogP contribution < -0.4 is 20.7 Å². The highest BCUT2D eigenvalue weighted by Gasteiger charge is 2.28. The Hall–Kier alpha value is -2.09. The fourth-order valence-corrected chi connectivity index (χ4v) is 2.95. The van der Waals surface area contributed by atoms with Crippen LogP contribution in [0.3, 0.4) is 0 Å². The lowest BCUT2D eigenvalue weighted by molar-refractivity contribution is -0.153. The standard InChI is InChI=1S/C18H22F3N5O2S.HI/c1-12-15(29-11-26-12)16(27)23-7-8-24-17(22-2)25-9-13-3-5-14(6-4-13)28-10-18(19,20)21;/h3-6,11H,7-10H2,1-2H3,(H,23,27)(H2,22,24,25);1H. The van der Waals surface area contributed by atoms with E-state index in [2.05, 4.69) is 30.7 Å². The van der Waals surface area contributed by atoms with Crippen LogP contribution >= 0.6 is 35.3 Å². The summed E-state index contributed by atoms with van der Waals surface area (Å²) in [6.45, 7) is 1.76. The highest BCUT2D eigenvalue weighted by atomic mass is 127. The van der Waals surface area contributed by atoms with Gasteiger partial charge in [0.15, 0.2) is 12.6 Å². The number of rotatable bonds is 8. The predicted octanol–water partition coefficient (Wildman–Crippen LogP) is 3.11. The molecule has 0 aliphatic carbocycles. The summed E-state index contributed by atoms with van der Waals surface area (Å²) in [6, 6.07) is 6.30. The molecule has 0 saturated heterocycles. The van der Waals surface area contributed by atoms with Gasteiger partial charge in [-0.2, -0.15) is 13.2 Å². The van der Waals surface area contributed by atoms with Crippen LogP contribution in [0.2, 0.25) is 0 Å². The van der Waals surface area contributed by atoms with E-state index in [1.807, 2.05) is 0 Å². The van der Waals surface area contributed by atoms with Gasteiger partial charge in [-0.05, 0) is 24.6 Å². The molecule has 2 rings (SSSR count). The number of ether oxygens (including phenoxy) is 1. The lowest BCUT2D eigenvalue weighted by Crippen LogP contribution is -2.41. The summed E-state index contributed by atoms with van der Waals surface area (Å²) in [7, 11) is 1.61. The van der Waals surface area contributed by atoms with Crippen molar-refractivity contribution in [2.24, 2.45) is 4.99 Å². The van der Waals surface area contributed by atoms with Crippen LogP contribution in [0.1, 0.15) is 20.9 Å². The molecule has 0 aliphatic rings. The Bertz CT molecular complexity index is 828. The summed E-state index contributed by atoms with van der Waals surface area (Å²) in [5.74, 6) is 0.522. The summed E-state index contributed by atoms with van der Waals surface area (Å²) in [4.78, 5) is 20.7. The number of guanidine groups is 1. The zero-order valence-electron chi connectivity index (χ0n) is 16.4. The monoisotopic (exact) mass is 557 g/mol. The average molecular weight is 557 g/mol. The number of hydrogen-bond donors (Lipinski definition) is 3. The lowest BCUT2D eigenvalue weighted by atomic mass is 10.2. The molecule has 0 saturated carbocycles. The molecule has 1 aromatic carbocycles. The highest BCUT2D eigenvalue weighted by Crippen LogP contribution is 2.18. The molecule has 0 aliphatic heterocycles. The molecule has 7 nitrogen and oxygen atoms in total. The summed E-state index contributed by atoms with van der Waals surface area (Å²) >= 11 is 1.29. The fourth-order valence-electron chi connectivity index (χ4n) is 2.23. The van der Waals surface area contributed by atoms with Gasteiger partial charge in [0.1, 0.15) is 10.6 Å². The second kappa shape index (κ2) is 12.6. The van der Waals surface area contributed by atoms with Gasteiger partial charge in [-0.3, -0.25) is 9.79 Å². The predicted molar refractivity (Wildman–Crippen MR) is 121 cm³/mol. The molecule has 2 aromatic rings. The van der Waals surface area contributed by atoms with Gasteiger partial charge in [0.05, 0.1) is 11.2 Å². The zero-order chi connectivity index (χ0) is 21.3. The van der Waals surface area contributed by atoms with E-state index in [-0.39, 0.29) is 35.6 Å². The molecule has 0 unspecified atom stereocenters. The molecule has 0 fully saturated rings. The molecule has 1 amide bonds. The number of halogens is 4. The van der Waals surface area contributed by atoms with E-state index in [9.17, 15) is 18.0 Å². The van der Waals surface area contributed by atoms with E-state index in [0.717, 1.165) is 5.56 Å². The second-order valence-electron chi connectivity index (χ2n) is 5.92. The zero-order valence-corrected chi connectivity index (χ0v) is 19.5. The van der Waals surface area contributed by atoms with Crippen LogP contribution in [0.4, 0.5) is 13.2 Å². The van der Waals surface area contributed by atoms with Gasteiger partial charge in [0.25, 0.3) is 5.91 Å². The number of nitrogens with zero attached hydrogens (tertiary/aromatic N) is 2. The van der Waals surface area contributed by atoms with Crippen LogP contribution in [-0.4, -0.2) is 49.8 Å². The van der Waals surface area contributed by atoms with Crippen molar-refractivity contribution in [1.29, 1.82) is 0 Å². The summed E-state index contributed by atoms with van der Waals surface area (Å²) < 4.78 is 41.1. The van der Waals surface area contributed by atoms with Crippen LogP contribution in [0.25, 0.3) is 0 Å². The number of alkyl halides is 3. The molecule has 1 aromatic heterocycles. The van der Waals surface area contributed by atoms with Crippen molar-refractivity contribution in [3.63, 3.8) is 0 Å². The van der Waals surface area contributed by atoms with Gasteiger partial charge < -0.3 is 20.7 Å². The third kappa shape index (κ3) is 9.15. The Labute approximate surface area is 193 Å². The molecule has 0 bridgehead atoms. The minimum Gasteiger partial charge on any atom is -0.484 e. The van der Waals surface area contributed by atoms with Crippen molar-refractivity contribution in [2.75, 3.05) is 26.7 Å². The molecule has 0 atom stereocenters. The number of amides is 1. The number of aliphatic imine (C=N–C) groups is 1. The second-order valence-corrected chi connectivity index (χ2v) is 6.78. The maximum atomic E-state index is 12.1. The Morgan fingerprint density at radius 3 is 2.40 bits per heavy atom. The van der Waals surface area contributed by atoms with Gasteiger partial charge >= 0.3 is 6.18 Å². The Morgan fingerprint density at radius 2 is 1.83 bits per heavy atom. The van der Waals surface area contributed by atoms with Crippen molar-refractivity contribution in [2.45, 2.75) is 19.6 Å². The number of thiazole rings is 1. The average Bonchev–Trinajstić information content (AvgIpc) is 3.12. The van der Waals surface area contributed by atoms with E-state index < -0.39 is 12.8 Å². The van der Waals surface area contributed by atoms with Crippen molar-refractivity contribution in [1.82, 2.24) is 20.9 Å². The Balaban J connectivity index is 0.00000450. The van der Waals surface area contributed by atoms with Crippen LogP contribution in [0.15, 0.2) is 34.8 Å². The van der Waals surface area contributed by atoms with Crippen molar-refractivity contribution in [3.05, 3.63) is 45.9 Å². The molecule has 0 spiro atoms. The van der Waals surface area contributed by atoms with Gasteiger partial charge in [-0.15, -0.1) is 35.3 Å². The molecule has 30 heavy (non-hydrogen) atoms. The smallest absolute Gasteiger partial charge is 0.422 e. The van der Waals surface area contributed by atoms with Crippen molar-refractivity contribution < 1.29 is 22.7 Å². The van der Waals surface area contributed by atoms with E-state index in [4.69, 9.17) is 0 Å². The first-order chi connectivity index (χ1) is 13.8. The van der Waals surface area contributed by atoms with E-state index >= 15 is 0 Å². The van der Waals surface area contributed by atoms with Crippen LogP contribution in [0.5, 0.6) is 5.75 Å². The van der Waals surface area contributed by atoms with E-state index in [1.165, 1.54) is 23.5 Å². The maximum absolute atomic E-state index is 12.1. The molecule has 12 heteroatoms. The first kappa shape index (κ1) is 25.9. The third-order valence-electron chi connectivity index (χ3n) is 3.66. The quantitative estimate of drug-likeness (QED) is 0.201. The van der Waals surface area contributed by atoms with Crippen molar-refractivity contribution >= 4 is 47.2 Å². The topological polar surface area (TPSA) is 87.6 Å². The normalized spacial score (nSPS) is 11.4. The molecular weight excluding hydrogens is 534 g/mol. The summed E-state index contributed by atoms with van der Waals surface area (Å²) in [5.41, 5.74) is 3.18. The minimum atomic E-state index is -4.36. The van der Waals surface area contributed by atoms with Crippen LogP contribution in [0, 0.1) is 6.92 Å². The number of hydrogen-bond acceptors (Lipinski definition) is 5. The molecule has 3 N–H and O–H groups in total. The first-order valence-electron chi connectivity index (χ1n) is 8.70. The van der Waals surface area contributed by atoms with Crippen molar-refractivity contribution in [3.8, 4) is 5.75 Å². The number of carbonyl (C=O) groups is 1. The number of aromatic nitrogens is 1. The highest BCUT2D eigenvalue weighted by molar-refractivity contribution is 14.0. The third-order valence-corrected chi connectivity index (χ3v) is 4.59. The maximum Gasteiger partial charge on any atom is 0.422 e. The van der Waals surface area contributed by atoms with E-state index in [1.54, 1.807) is 31.6 Å². The van der Waals surface area contributed by atoms with Gasteiger partial charge in [-0.25, -0.2) is 4.98 Å². The molecular formula is C18H23F3IN5O2S. The SMILES string of the molecule is CN=C(NCCNC(=O)c1scnc1C)NCc1ccc(OCC(F)(F)F)cc1.I. The minimum absolute atomic E-state index is 0. The summed E-state index contributed by atoms with van der Waals surface area (Å²) in [5, 5.41) is 8.95. The van der Waals surface area contributed by atoms with Gasteiger partial charge in [0, 0.05) is 26.7 Å². The number of benzene rings is 1. The van der Waals surface area contributed by atoms with Gasteiger partial charge in [0.2, 0.25) is 0 Å². The van der Waals surface area contributed by atoms with Crippen LogP contribution in [-0.2, 0) is 6.54 Å². The number of carbonyl (C=O) groups excluding carboxylic acids is 1. The largest absolute Gasteiger partial charge is 0.484 e.